The molecule has 0 unspecified atom stereocenters. The first kappa shape index (κ1) is 16.4. The van der Waals surface area contributed by atoms with Crippen molar-refractivity contribution in [1.82, 2.24) is 14.8 Å². The molecule has 0 amide bonds. The summed E-state index contributed by atoms with van der Waals surface area (Å²) in [6.45, 7) is 3.51. The van der Waals surface area contributed by atoms with Crippen molar-refractivity contribution < 1.29 is 9.47 Å². The number of pyridine rings is 1. The van der Waals surface area contributed by atoms with Gasteiger partial charge in [0.1, 0.15) is 0 Å². The number of nitrogens with one attached hydrogen (secondary N) is 1. The molecule has 7 heteroatoms. The lowest BCUT2D eigenvalue weighted by atomic mass is 10.0. The van der Waals surface area contributed by atoms with Crippen LogP contribution >= 0.6 is 0 Å². The van der Waals surface area contributed by atoms with Crippen molar-refractivity contribution in [2.45, 2.75) is 32.2 Å². The first-order valence-corrected chi connectivity index (χ1v) is 8.18. The molecule has 1 fully saturated rings. The molecule has 1 aliphatic rings. The van der Waals surface area contributed by atoms with Crippen molar-refractivity contribution in [3.05, 3.63) is 35.3 Å². The van der Waals surface area contributed by atoms with E-state index in [4.69, 9.17) is 20.6 Å². The van der Waals surface area contributed by atoms with Crippen LogP contribution in [0.5, 0.6) is 5.88 Å². The Bertz CT molecular complexity index is 735. The lowest BCUT2D eigenvalue weighted by molar-refractivity contribution is 0.0662. The van der Waals surface area contributed by atoms with Gasteiger partial charge in [-0.15, -0.1) is 0 Å². The van der Waals surface area contributed by atoms with Crippen molar-refractivity contribution in [2.75, 3.05) is 26.1 Å². The molecule has 0 bridgehead atoms. The van der Waals surface area contributed by atoms with Crippen LogP contribution in [0.3, 0.4) is 0 Å². The number of hydrogen-bond donors (Lipinski definition) is 2. The average molecular weight is 329 g/mol. The van der Waals surface area contributed by atoms with Gasteiger partial charge >= 0.3 is 0 Å². The molecule has 3 heterocycles. The van der Waals surface area contributed by atoms with Gasteiger partial charge in [-0.05, 0) is 25.3 Å². The predicted molar refractivity (Wildman–Crippen MR) is 91.8 cm³/mol. The molecule has 0 spiro atoms. The molecule has 3 N–H and O–H groups in total. The largest absolute Gasteiger partial charge is 0.480 e. The second-order valence-electron chi connectivity index (χ2n) is 5.87. The molecular formula is C17H23N5O2. The van der Waals surface area contributed by atoms with Gasteiger partial charge in [-0.3, -0.25) is 10.1 Å². The summed E-state index contributed by atoms with van der Waals surface area (Å²) in [4.78, 5) is 4.43. The zero-order chi connectivity index (χ0) is 17.1. The zero-order valence-corrected chi connectivity index (χ0v) is 14.1. The molecular weight excluding hydrogens is 306 g/mol. The van der Waals surface area contributed by atoms with E-state index in [9.17, 15) is 0 Å². The van der Waals surface area contributed by atoms with Crippen LogP contribution in [0.1, 0.15) is 42.6 Å². The monoisotopic (exact) mass is 329 g/mol. The number of aromatic nitrogens is 3. The summed E-state index contributed by atoms with van der Waals surface area (Å²) in [5.41, 5.74) is 9.00. The maximum absolute atomic E-state index is 8.53. The van der Waals surface area contributed by atoms with Crippen LogP contribution in [0.25, 0.3) is 0 Å². The number of methoxy groups -OCH3 is 1. The van der Waals surface area contributed by atoms with Gasteiger partial charge in [0.25, 0.3) is 0 Å². The van der Waals surface area contributed by atoms with Gasteiger partial charge in [0.2, 0.25) is 5.88 Å². The number of aryl methyl sites for hydroxylation is 1. The molecule has 0 radical (unpaired) electrons. The van der Waals surface area contributed by atoms with Crippen molar-refractivity contribution in [3.8, 4) is 5.88 Å². The summed E-state index contributed by atoms with van der Waals surface area (Å²) in [5.74, 6) is 0.385. The Hall–Kier alpha value is -2.41. The zero-order valence-electron chi connectivity index (χ0n) is 14.1. The fourth-order valence-electron chi connectivity index (χ4n) is 2.93. The summed E-state index contributed by atoms with van der Waals surface area (Å²) in [6.07, 6.45) is 6.23. The van der Waals surface area contributed by atoms with E-state index in [2.05, 4.69) is 10.1 Å². The predicted octanol–water partition coefficient (Wildman–Crippen LogP) is 2.20. The molecule has 0 atom stereocenters. The van der Waals surface area contributed by atoms with Crippen LogP contribution in [-0.4, -0.2) is 40.8 Å². The van der Waals surface area contributed by atoms with Gasteiger partial charge < -0.3 is 15.2 Å². The average Bonchev–Trinajstić information content (AvgIpc) is 3.11. The fraction of sp³-hybridized carbons (Fsp3) is 0.471. The number of rotatable bonds is 5. The van der Waals surface area contributed by atoms with Crippen molar-refractivity contribution in [1.29, 1.82) is 5.41 Å². The molecule has 3 rings (SSSR count). The van der Waals surface area contributed by atoms with E-state index in [0.717, 1.165) is 38.2 Å². The lowest BCUT2D eigenvalue weighted by Gasteiger charge is -2.22. The number of nitrogens with two attached hydrogens (primary N) is 1. The molecule has 1 saturated heterocycles. The van der Waals surface area contributed by atoms with Gasteiger partial charge in [0, 0.05) is 36.4 Å². The number of nitrogens with zero attached hydrogens (tertiary/aromatic N) is 3. The van der Waals surface area contributed by atoms with E-state index < -0.39 is 0 Å². The van der Waals surface area contributed by atoms with E-state index >= 15 is 0 Å². The van der Waals surface area contributed by atoms with Crippen LogP contribution in [-0.2, 0) is 11.2 Å². The molecule has 24 heavy (non-hydrogen) atoms. The van der Waals surface area contributed by atoms with Gasteiger partial charge in [-0.1, -0.05) is 6.92 Å². The maximum atomic E-state index is 8.53. The minimum atomic E-state index is 0.276. The molecule has 7 nitrogen and oxygen atoms in total. The van der Waals surface area contributed by atoms with Gasteiger partial charge in [0.15, 0.2) is 0 Å². The van der Waals surface area contributed by atoms with Crippen molar-refractivity contribution >= 4 is 11.4 Å². The Balaban J connectivity index is 1.90. The highest BCUT2D eigenvalue weighted by Gasteiger charge is 2.21. The minimum Gasteiger partial charge on any atom is -0.480 e. The lowest BCUT2D eigenvalue weighted by Crippen LogP contribution is -2.19. The molecule has 0 aromatic carbocycles. The third-order valence-electron chi connectivity index (χ3n) is 4.33. The van der Waals surface area contributed by atoms with Crippen LogP contribution < -0.4 is 10.5 Å². The van der Waals surface area contributed by atoms with E-state index in [-0.39, 0.29) is 5.71 Å². The van der Waals surface area contributed by atoms with Crippen molar-refractivity contribution in [3.63, 3.8) is 0 Å². The summed E-state index contributed by atoms with van der Waals surface area (Å²) < 4.78 is 12.7. The number of nitrogen functional groups attached to an aromatic ring is 1. The molecule has 0 aliphatic carbocycles. The second kappa shape index (κ2) is 7.00. The van der Waals surface area contributed by atoms with E-state index in [1.165, 1.54) is 0 Å². The smallest absolute Gasteiger partial charge is 0.225 e. The second-order valence-corrected chi connectivity index (χ2v) is 5.87. The summed E-state index contributed by atoms with van der Waals surface area (Å²) in [7, 11) is 1.55. The minimum absolute atomic E-state index is 0.276. The molecule has 1 aliphatic heterocycles. The first-order valence-electron chi connectivity index (χ1n) is 8.18. The van der Waals surface area contributed by atoms with Crippen LogP contribution in [0.2, 0.25) is 0 Å². The third-order valence-corrected chi connectivity index (χ3v) is 4.33. The number of anilines is 1. The molecule has 2 aromatic rings. The van der Waals surface area contributed by atoms with E-state index in [0.29, 0.717) is 28.7 Å². The van der Waals surface area contributed by atoms with Crippen LogP contribution in [0, 0.1) is 5.41 Å². The Kier molecular flexibility index (Phi) is 4.80. The summed E-state index contributed by atoms with van der Waals surface area (Å²) in [5, 5.41) is 13.0. The van der Waals surface area contributed by atoms with Crippen molar-refractivity contribution in [2.24, 2.45) is 0 Å². The highest BCUT2D eigenvalue weighted by Crippen LogP contribution is 2.27. The Morgan fingerprint density at radius 1 is 1.46 bits per heavy atom. The third kappa shape index (κ3) is 3.12. The molecule has 2 aromatic heterocycles. The van der Waals surface area contributed by atoms with Crippen LogP contribution in [0.4, 0.5) is 5.69 Å². The summed E-state index contributed by atoms with van der Waals surface area (Å²) in [6, 6.07) is 2.12. The number of hydrogen-bond acceptors (Lipinski definition) is 6. The Morgan fingerprint density at radius 3 is 2.88 bits per heavy atom. The first-order chi connectivity index (χ1) is 11.6. The fourth-order valence-corrected chi connectivity index (χ4v) is 2.93. The molecule has 128 valence electrons. The maximum Gasteiger partial charge on any atom is 0.225 e. The van der Waals surface area contributed by atoms with E-state index in [1.54, 1.807) is 19.4 Å². The topological polar surface area (TPSA) is 99.0 Å². The quantitative estimate of drug-likeness (QED) is 0.819. The molecule has 0 saturated carbocycles. The van der Waals surface area contributed by atoms with Gasteiger partial charge in [0.05, 0.1) is 30.6 Å². The highest BCUT2D eigenvalue weighted by molar-refractivity contribution is 6.15. The standard InChI is InChI=1S/C17H23N5O2/c1-3-12-8-14(18)15(17(21-12)23-2)16(19)11-9-20-22(10-11)13-4-6-24-7-5-13/h8-10,13,19H,3-7H2,1-2H3,(H2,18,21). The van der Waals surface area contributed by atoms with Gasteiger partial charge in [-0.25, -0.2) is 4.98 Å². The SMILES string of the molecule is CCc1cc(N)c(C(=N)c2cnn(C3CCOCC3)c2)c(OC)n1. The Labute approximate surface area is 141 Å². The van der Waals surface area contributed by atoms with E-state index in [1.807, 2.05) is 17.8 Å². The normalized spacial score (nSPS) is 15.4. The Morgan fingerprint density at radius 2 is 2.21 bits per heavy atom. The van der Waals surface area contributed by atoms with Crippen LogP contribution in [0.15, 0.2) is 18.5 Å². The number of ether oxygens (including phenoxy) is 2. The highest BCUT2D eigenvalue weighted by atomic mass is 16.5. The van der Waals surface area contributed by atoms with Gasteiger partial charge in [-0.2, -0.15) is 5.10 Å². The summed E-state index contributed by atoms with van der Waals surface area (Å²) >= 11 is 0.